The van der Waals surface area contributed by atoms with Crippen molar-refractivity contribution in [1.82, 2.24) is 9.97 Å². The van der Waals surface area contributed by atoms with Crippen LogP contribution in [-0.4, -0.2) is 28.4 Å². The Labute approximate surface area is 180 Å². The molecule has 6 nitrogen and oxygen atoms in total. The maximum Gasteiger partial charge on any atom is 0.244 e. The van der Waals surface area contributed by atoms with E-state index in [9.17, 15) is 5.11 Å². The summed E-state index contributed by atoms with van der Waals surface area (Å²) < 4.78 is 5.13. The second-order valence-electron chi connectivity index (χ2n) is 6.96. The van der Waals surface area contributed by atoms with Gasteiger partial charge in [0, 0.05) is 16.7 Å². The van der Waals surface area contributed by atoms with Gasteiger partial charge in [-0.15, -0.1) is 0 Å². The number of phenols is 1. The number of aryl methyl sites for hydroxylation is 1. The molecule has 0 spiro atoms. The van der Waals surface area contributed by atoms with Crippen molar-refractivity contribution < 1.29 is 9.84 Å². The second-order valence-corrected chi connectivity index (χ2v) is 6.96. The quantitative estimate of drug-likeness (QED) is 0.334. The van der Waals surface area contributed by atoms with E-state index in [1.165, 1.54) is 18.9 Å². The minimum atomic E-state index is 0.0230. The number of aromatic hydroxyl groups is 1. The first-order valence-electron chi connectivity index (χ1n) is 9.80. The molecule has 0 saturated heterocycles. The summed E-state index contributed by atoms with van der Waals surface area (Å²) in [6.45, 7) is 2.05. The van der Waals surface area contributed by atoms with Crippen molar-refractivity contribution in [2.75, 3.05) is 12.5 Å². The van der Waals surface area contributed by atoms with E-state index in [4.69, 9.17) is 4.74 Å². The van der Waals surface area contributed by atoms with Gasteiger partial charge >= 0.3 is 0 Å². The number of methoxy groups -OCH3 is 1. The number of nitrogens with zero attached hydrogens (tertiary/aromatic N) is 3. The summed E-state index contributed by atoms with van der Waals surface area (Å²) in [5.74, 6) is 0.762. The smallest absolute Gasteiger partial charge is 0.244 e. The molecule has 0 bridgehead atoms. The highest BCUT2D eigenvalue weighted by atomic mass is 16.5. The molecule has 2 N–H and O–H groups in total. The molecule has 1 aromatic heterocycles. The molecular weight excluding hydrogens is 388 g/mol. The van der Waals surface area contributed by atoms with Gasteiger partial charge in [0.2, 0.25) is 5.95 Å². The average molecular weight is 410 g/mol. The monoisotopic (exact) mass is 410 g/mol. The van der Waals surface area contributed by atoms with E-state index in [0.29, 0.717) is 17.3 Å². The van der Waals surface area contributed by atoms with Crippen LogP contribution in [0, 0.1) is 6.92 Å². The van der Waals surface area contributed by atoms with Crippen LogP contribution in [0.3, 0.4) is 0 Å². The van der Waals surface area contributed by atoms with Crippen molar-refractivity contribution in [2.24, 2.45) is 5.10 Å². The zero-order chi connectivity index (χ0) is 21.6. The lowest BCUT2D eigenvalue weighted by atomic mass is 10.1. The van der Waals surface area contributed by atoms with E-state index in [1.54, 1.807) is 18.2 Å². The second kappa shape index (κ2) is 9.09. The maximum atomic E-state index is 10.2. The van der Waals surface area contributed by atoms with Gasteiger partial charge in [0.25, 0.3) is 0 Å². The lowest BCUT2D eigenvalue weighted by molar-refractivity contribution is 0.373. The van der Waals surface area contributed by atoms with E-state index in [0.717, 1.165) is 22.5 Å². The molecule has 0 aliphatic heterocycles. The van der Waals surface area contributed by atoms with E-state index in [-0.39, 0.29) is 5.75 Å². The molecule has 4 rings (SSSR count). The molecule has 1 heterocycles. The highest BCUT2D eigenvalue weighted by Crippen LogP contribution is 2.28. The zero-order valence-corrected chi connectivity index (χ0v) is 17.3. The summed E-state index contributed by atoms with van der Waals surface area (Å²) in [5.41, 5.74) is 8.13. The van der Waals surface area contributed by atoms with E-state index < -0.39 is 0 Å². The molecule has 0 atom stereocenters. The van der Waals surface area contributed by atoms with E-state index in [1.807, 2.05) is 48.5 Å². The third-order valence-electron chi connectivity index (χ3n) is 4.76. The van der Waals surface area contributed by atoms with Gasteiger partial charge in [-0.3, -0.25) is 0 Å². The van der Waals surface area contributed by atoms with Gasteiger partial charge in [-0.1, -0.05) is 66.2 Å². The fraction of sp³-hybridized carbons (Fsp3) is 0.0800. The maximum absolute atomic E-state index is 10.2. The molecule has 0 aliphatic carbocycles. The Morgan fingerprint density at radius 3 is 2.23 bits per heavy atom. The average Bonchev–Trinajstić information content (AvgIpc) is 2.81. The van der Waals surface area contributed by atoms with E-state index >= 15 is 0 Å². The van der Waals surface area contributed by atoms with Crippen LogP contribution in [0.1, 0.15) is 11.1 Å². The number of rotatable bonds is 6. The predicted octanol–water partition coefficient (Wildman–Crippen LogP) is 5.28. The van der Waals surface area contributed by atoms with Gasteiger partial charge in [0.15, 0.2) is 11.5 Å². The van der Waals surface area contributed by atoms with Crippen LogP contribution in [0.15, 0.2) is 84.0 Å². The topological polar surface area (TPSA) is 79.6 Å². The van der Waals surface area contributed by atoms with Gasteiger partial charge in [-0.2, -0.15) is 5.10 Å². The lowest BCUT2D eigenvalue weighted by Crippen LogP contribution is -2.00. The molecule has 0 radical (unpaired) electrons. The third-order valence-corrected chi connectivity index (χ3v) is 4.76. The number of hydrazone groups is 1. The molecule has 0 fully saturated rings. The Bertz CT molecular complexity index is 1210. The Morgan fingerprint density at radius 1 is 0.871 bits per heavy atom. The number of hydrogen-bond acceptors (Lipinski definition) is 6. The number of nitrogens with one attached hydrogen (secondary N) is 1. The Kier molecular flexibility index (Phi) is 5.89. The predicted molar refractivity (Wildman–Crippen MR) is 124 cm³/mol. The van der Waals surface area contributed by atoms with Crippen LogP contribution in [0.25, 0.3) is 22.5 Å². The van der Waals surface area contributed by atoms with Crippen molar-refractivity contribution in [2.45, 2.75) is 6.92 Å². The van der Waals surface area contributed by atoms with Gasteiger partial charge in [-0.05, 0) is 25.1 Å². The van der Waals surface area contributed by atoms with Crippen LogP contribution < -0.4 is 10.2 Å². The first-order chi connectivity index (χ1) is 15.1. The summed E-state index contributed by atoms with van der Waals surface area (Å²) in [6, 6.07) is 25.3. The lowest BCUT2D eigenvalue weighted by Gasteiger charge is -2.09. The third kappa shape index (κ3) is 4.70. The van der Waals surface area contributed by atoms with Crippen LogP contribution in [0.4, 0.5) is 5.95 Å². The fourth-order valence-electron chi connectivity index (χ4n) is 3.09. The summed E-state index contributed by atoms with van der Waals surface area (Å²) in [5, 5.41) is 14.4. The minimum absolute atomic E-state index is 0.0230. The zero-order valence-electron chi connectivity index (χ0n) is 17.3. The Hall–Kier alpha value is -4.19. The number of phenolic OH excluding ortho intramolecular Hbond substituents is 1. The van der Waals surface area contributed by atoms with Gasteiger partial charge in [0.05, 0.1) is 24.7 Å². The first-order valence-corrected chi connectivity index (χ1v) is 9.80. The molecular formula is C25H22N4O2. The molecule has 0 aliphatic rings. The number of benzene rings is 3. The van der Waals surface area contributed by atoms with Crippen molar-refractivity contribution in [3.63, 3.8) is 0 Å². The van der Waals surface area contributed by atoms with Crippen molar-refractivity contribution >= 4 is 12.2 Å². The number of hydrogen-bond donors (Lipinski definition) is 2. The van der Waals surface area contributed by atoms with Crippen LogP contribution in [-0.2, 0) is 0 Å². The van der Waals surface area contributed by atoms with Crippen LogP contribution >= 0.6 is 0 Å². The molecule has 31 heavy (non-hydrogen) atoms. The normalized spacial score (nSPS) is 10.9. The number of aromatic nitrogens is 2. The van der Waals surface area contributed by atoms with Crippen molar-refractivity contribution in [3.05, 3.63) is 90.0 Å². The molecule has 0 unspecified atom stereocenters. The van der Waals surface area contributed by atoms with Crippen LogP contribution in [0.5, 0.6) is 11.5 Å². The summed E-state index contributed by atoms with van der Waals surface area (Å²) >= 11 is 0. The van der Waals surface area contributed by atoms with Crippen molar-refractivity contribution in [3.8, 4) is 34.0 Å². The van der Waals surface area contributed by atoms with Gasteiger partial charge < -0.3 is 9.84 Å². The standard InChI is InChI=1S/C25H22N4O2/c1-17-11-13-19(14-12-17)22-15-21(18-7-4-3-5-8-18)27-25(28-22)29-26-16-20-9-6-10-23(31-2)24(20)30/h3-16,30H,1-2H3,(H,27,28,29)/b26-16+. The number of ether oxygens (including phenoxy) is 1. The molecule has 0 amide bonds. The SMILES string of the molecule is COc1cccc(/C=N/Nc2nc(-c3ccccc3)cc(-c3ccc(C)cc3)n2)c1O. The summed E-state index contributed by atoms with van der Waals surface area (Å²) in [4.78, 5) is 9.23. The van der Waals surface area contributed by atoms with Gasteiger partial charge in [0.1, 0.15) is 0 Å². The fourth-order valence-corrected chi connectivity index (χ4v) is 3.09. The van der Waals surface area contributed by atoms with Crippen LogP contribution in [0.2, 0.25) is 0 Å². The van der Waals surface area contributed by atoms with E-state index in [2.05, 4.69) is 39.6 Å². The molecule has 6 heteroatoms. The summed E-state index contributed by atoms with van der Waals surface area (Å²) in [7, 11) is 1.50. The van der Waals surface area contributed by atoms with Crippen molar-refractivity contribution in [1.29, 1.82) is 0 Å². The Balaban J connectivity index is 1.68. The largest absolute Gasteiger partial charge is 0.504 e. The molecule has 154 valence electrons. The van der Waals surface area contributed by atoms with Gasteiger partial charge in [-0.25, -0.2) is 15.4 Å². The number of para-hydroxylation sites is 1. The highest BCUT2D eigenvalue weighted by molar-refractivity contribution is 5.85. The molecule has 3 aromatic carbocycles. The highest BCUT2D eigenvalue weighted by Gasteiger charge is 2.09. The Morgan fingerprint density at radius 2 is 1.55 bits per heavy atom. The minimum Gasteiger partial charge on any atom is -0.504 e. The summed E-state index contributed by atoms with van der Waals surface area (Å²) in [6.07, 6.45) is 1.50. The molecule has 4 aromatic rings. The molecule has 0 saturated carbocycles. The first kappa shape index (κ1) is 20.1. The number of anilines is 1.